The molecule has 1 saturated heterocycles. The van der Waals surface area contributed by atoms with Crippen molar-refractivity contribution in [3.05, 3.63) is 29.8 Å². The number of rotatable bonds is 4. The third-order valence-corrected chi connectivity index (χ3v) is 5.67. The van der Waals surface area contributed by atoms with Crippen LogP contribution >= 0.6 is 11.8 Å². The average molecular weight is 290 g/mol. The Kier molecular flexibility index (Phi) is 5.03. The first kappa shape index (κ1) is 14.4. The normalized spacial score (nSPS) is 26.5. The first-order chi connectivity index (χ1) is 9.90. The van der Waals surface area contributed by atoms with Gasteiger partial charge in [-0.3, -0.25) is 4.90 Å². The summed E-state index contributed by atoms with van der Waals surface area (Å²) in [4.78, 5) is 4.30. The Morgan fingerprint density at radius 2 is 2.20 bits per heavy atom. The highest BCUT2D eigenvalue weighted by molar-refractivity contribution is 7.99. The van der Waals surface area contributed by atoms with E-state index < -0.39 is 0 Å². The van der Waals surface area contributed by atoms with Gasteiger partial charge in [0, 0.05) is 23.5 Å². The highest BCUT2D eigenvalue weighted by Crippen LogP contribution is 2.40. The predicted molar refractivity (Wildman–Crippen MR) is 87.4 cm³/mol. The van der Waals surface area contributed by atoms with Gasteiger partial charge in [-0.25, -0.2) is 0 Å². The average Bonchev–Trinajstić information content (AvgIpc) is 2.53. The summed E-state index contributed by atoms with van der Waals surface area (Å²) in [6, 6.07) is 10.4. The molecule has 3 heteroatoms. The molecule has 3 rings (SSSR count). The number of benzene rings is 1. The summed E-state index contributed by atoms with van der Waals surface area (Å²) in [6.07, 6.45) is 5.24. The van der Waals surface area contributed by atoms with Crippen LogP contribution in [0.5, 0.6) is 0 Å². The van der Waals surface area contributed by atoms with Crippen LogP contribution in [0.25, 0.3) is 0 Å². The summed E-state index contributed by atoms with van der Waals surface area (Å²) < 4.78 is 0. The van der Waals surface area contributed by atoms with E-state index in [1.807, 2.05) is 11.8 Å². The third kappa shape index (κ3) is 3.05. The number of nitrogens with zero attached hydrogens (tertiary/aromatic N) is 1. The van der Waals surface area contributed by atoms with E-state index in [2.05, 4.69) is 41.4 Å². The minimum Gasteiger partial charge on any atom is -0.315 e. The molecule has 1 aromatic carbocycles. The predicted octanol–water partition coefficient (Wildman–Crippen LogP) is 3.69. The first-order valence-corrected chi connectivity index (χ1v) is 9.07. The highest BCUT2D eigenvalue weighted by atomic mass is 32.2. The van der Waals surface area contributed by atoms with E-state index in [4.69, 9.17) is 0 Å². The van der Waals surface area contributed by atoms with Crippen LogP contribution in [0.15, 0.2) is 29.2 Å². The van der Waals surface area contributed by atoms with Crippen LogP contribution in [-0.2, 0) is 0 Å². The summed E-state index contributed by atoms with van der Waals surface area (Å²) in [5.74, 6) is 1.27. The minimum atomic E-state index is 0.636. The second-order valence-corrected chi connectivity index (χ2v) is 7.07. The lowest BCUT2D eigenvalue weighted by molar-refractivity contribution is 0.107. The molecular weight excluding hydrogens is 264 g/mol. The molecule has 0 amide bonds. The van der Waals surface area contributed by atoms with Gasteiger partial charge in [-0.1, -0.05) is 25.1 Å². The maximum absolute atomic E-state index is 3.59. The van der Waals surface area contributed by atoms with Crippen LogP contribution in [0.3, 0.4) is 0 Å². The van der Waals surface area contributed by atoms with Crippen molar-refractivity contribution in [2.45, 2.75) is 49.6 Å². The summed E-state index contributed by atoms with van der Waals surface area (Å²) in [7, 11) is 0. The molecule has 2 unspecified atom stereocenters. The van der Waals surface area contributed by atoms with Crippen molar-refractivity contribution in [1.29, 1.82) is 0 Å². The summed E-state index contributed by atoms with van der Waals surface area (Å²) >= 11 is 2.03. The molecule has 2 heterocycles. The van der Waals surface area contributed by atoms with E-state index in [0.29, 0.717) is 6.04 Å². The van der Waals surface area contributed by atoms with Crippen LogP contribution in [0, 0.1) is 0 Å². The lowest BCUT2D eigenvalue weighted by atomic mass is 9.96. The highest BCUT2D eigenvalue weighted by Gasteiger charge is 2.31. The SMILES string of the molecule is CCCN(C1CCCNC1)C1CCSc2ccccc21. The molecule has 0 aromatic heterocycles. The van der Waals surface area contributed by atoms with Crippen molar-refractivity contribution in [1.82, 2.24) is 10.2 Å². The van der Waals surface area contributed by atoms with E-state index in [-0.39, 0.29) is 0 Å². The molecule has 2 atom stereocenters. The molecule has 0 spiro atoms. The van der Waals surface area contributed by atoms with Crippen molar-refractivity contribution < 1.29 is 0 Å². The molecule has 1 aromatic rings. The van der Waals surface area contributed by atoms with Crippen molar-refractivity contribution in [3.63, 3.8) is 0 Å². The lowest BCUT2D eigenvalue weighted by Crippen LogP contribution is -2.48. The Morgan fingerprint density at radius 1 is 1.30 bits per heavy atom. The van der Waals surface area contributed by atoms with Crippen molar-refractivity contribution in [2.24, 2.45) is 0 Å². The fourth-order valence-electron chi connectivity index (χ4n) is 3.64. The molecule has 1 N–H and O–H groups in total. The van der Waals surface area contributed by atoms with Gasteiger partial charge >= 0.3 is 0 Å². The fourth-order valence-corrected chi connectivity index (χ4v) is 4.74. The number of piperidine rings is 1. The fraction of sp³-hybridized carbons (Fsp3) is 0.647. The maximum atomic E-state index is 3.59. The molecular formula is C17H26N2S. The molecule has 0 radical (unpaired) electrons. The van der Waals surface area contributed by atoms with Gasteiger partial charge in [0.15, 0.2) is 0 Å². The monoisotopic (exact) mass is 290 g/mol. The summed E-state index contributed by atoms with van der Waals surface area (Å²) in [5, 5.41) is 3.59. The van der Waals surface area contributed by atoms with Gasteiger partial charge in [0.1, 0.15) is 0 Å². The van der Waals surface area contributed by atoms with Gasteiger partial charge in [-0.2, -0.15) is 0 Å². The Hall–Kier alpha value is -0.510. The quantitative estimate of drug-likeness (QED) is 0.910. The minimum absolute atomic E-state index is 0.636. The van der Waals surface area contributed by atoms with E-state index >= 15 is 0 Å². The number of hydrogen-bond donors (Lipinski definition) is 1. The van der Waals surface area contributed by atoms with E-state index in [1.54, 1.807) is 5.56 Å². The zero-order valence-corrected chi connectivity index (χ0v) is 13.3. The molecule has 20 heavy (non-hydrogen) atoms. The van der Waals surface area contributed by atoms with Gasteiger partial charge < -0.3 is 5.32 Å². The topological polar surface area (TPSA) is 15.3 Å². The van der Waals surface area contributed by atoms with Gasteiger partial charge in [-0.15, -0.1) is 11.8 Å². The Bertz CT molecular complexity index is 429. The van der Waals surface area contributed by atoms with Crippen molar-refractivity contribution in [3.8, 4) is 0 Å². The molecule has 2 aliphatic heterocycles. The first-order valence-electron chi connectivity index (χ1n) is 8.08. The molecule has 2 nitrogen and oxygen atoms in total. The number of fused-ring (bicyclic) bond motifs is 1. The van der Waals surface area contributed by atoms with Gasteiger partial charge in [0.2, 0.25) is 0 Å². The van der Waals surface area contributed by atoms with Crippen LogP contribution in [0.2, 0.25) is 0 Å². The van der Waals surface area contributed by atoms with Crippen LogP contribution < -0.4 is 5.32 Å². The maximum Gasteiger partial charge on any atom is 0.0370 e. The second-order valence-electron chi connectivity index (χ2n) is 5.93. The summed E-state index contributed by atoms with van der Waals surface area (Å²) in [5.41, 5.74) is 1.57. The Balaban J connectivity index is 1.84. The molecule has 0 aliphatic carbocycles. The zero-order chi connectivity index (χ0) is 13.8. The van der Waals surface area contributed by atoms with Gasteiger partial charge in [0.05, 0.1) is 0 Å². The van der Waals surface area contributed by atoms with Crippen LogP contribution in [-0.4, -0.2) is 36.3 Å². The molecule has 1 fully saturated rings. The smallest absolute Gasteiger partial charge is 0.0370 e. The molecule has 2 aliphatic rings. The number of nitrogens with one attached hydrogen (secondary N) is 1. The second kappa shape index (κ2) is 6.97. The largest absolute Gasteiger partial charge is 0.315 e. The van der Waals surface area contributed by atoms with Crippen LogP contribution in [0.1, 0.15) is 44.2 Å². The summed E-state index contributed by atoms with van der Waals surface area (Å²) in [6.45, 7) is 5.92. The molecule has 0 saturated carbocycles. The van der Waals surface area contributed by atoms with E-state index in [0.717, 1.165) is 6.04 Å². The van der Waals surface area contributed by atoms with Crippen LogP contribution in [0.4, 0.5) is 0 Å². The number of thioether (sulfide) groups is 1. The van der Waals surface area contributed by atoms with Gasteiger partial charge in [-0.05, 0) is 56.2 Å². The molecule has 0 bridgehead atoms. The Morgan fingerprint density at radius 3 is 3.00 bits per heavy atom. The van der Waals surface area contributed by atoms with Crippen molar-refractivity contribution in [2.75, 3.05) is 25.4 Å². The van der Waals surface area contributed by atoms with Crippen molar-refractivity contribution >= 4 is 11.8 Å². The third-order valence-electron chi connectivity index (χ3n) is 4.55. The van der Waals surface area contributed by atoms with E-state index in [9.17, 15) is 0 Å². The lowest BCUT2D eigenvalue weighted by Gasteiger charge is -2.42. The molecule has 110 valence electrons. The standard InChI is InChI=1S/C17H26N2S/c1-2-11-19(14-6-5-10-18-13-14)16-9-12-20-17-8-4-3-7-15(16)17/h3-4,7-8,14,16,18H,2,5-6,9-13H2,1H3. The zero-order valence-electron chi connectivity index (χ0n) is 12.5. The van der Waals surface area contributed by atoms with E-state index in [1.165, 1.54) is 56.0 Å². The van der Waals surface area contributed by atoms with Gasteiger partial charge in [0.25, 0.3) is 0 Å². The number of hydrogen-bond acceptors (Lipinski definition) is 3. The Labute approximate surface area is 127 Å².